The predicted molar refractivity (Wildman–Crippen MR) is 103 cm³/mol. The van der Waals surface area contributed by atoms with Crippen molar-refractivity contribution in [1.29, 1.82) is 0 Å². The SMILES string of the molecule is CN(Cc1ccccc1)C(=O)NCc1cccc(Oc2ccccc2)c1. The lowest BCUT2D eigenvalue weighted by molar-refractivity contribution is 0.206. The van der Waals surface area contributed by atoms with E-state index in [1.54, 1.807) is 11.9 Å². The number of carbonyl (C=O) groups is 1. The average molecular weight is 346 g/mol. The Kier molecular flexibility index (Phi) is 5.88. The molecule has 26 heavy (non-hydrogen) atoms. The van der Waals surface area contributed by atoms with Gasteiger partial charge in [-0.3, -0.25) is 0 Å². The first-order valence-electron chi connectivity index (χ1n) is 8.55. The van der Waals surface area contributed by atoms with Crippen LogP contribution in [0.25, 0.3) is 0 Å². The monoisotopic (exact) mass is 346 g/mol. The Labute approximate surface area is 154 Å². The summed E-state index contributed by atoms with van der Waals surface area (Å²) in [5.41, 5.74) is 2.09. The first kappa shape index (κ1) is 17.5. The number of carbonyl (C=O) groups excluding carboxylic acids is 1. The van der Waals surface area contributed by atoms with E-state index in [1.165, 1.54) is 0 Å². The molecular weight excluding hydrogens is 324 g/mol. The number of ether oxygens (including phenoxy) is 1. The molecule has 0 unspecified atom stereocenters. The second-order valence-corrected chi connectivity index (χ2v) is 6.06. The van der Waals surface area contributed by atoms with E-state index >= 15 is 0 Å². The zero-order valence-electron chi connectivity index (χ0n) is 14.8. The second-order valence-electron chi connectivity index (χ2n) is 6.06. The Balaban J connectivity index is 1.54. The number of nitrogens with one attached hydrogen (secondary N) is 1. The maximum absolute atomic E-state index is 12.3. The van der Waals surface area contributed by atoms with Crippen LogP contribution in [0.15, 0.2) is 84.9 Å². The molecule has 0 saturated carbocycles. The van der Waals surface area contributed by atoms with E-state index in [4.69, 9.17) is 4.74 Å². The van der Waals surface area contributed by atoms with Gasteiger partial charge < -0.3 is 15.0 Å². The van der Waals surface area contributed by atoms with Crippen LogP contribution in [0.4, 0.5) is 4.79 Å². The van der Waals surface area contributed by atoms with Crippen molar-refractivity contribution in [2.24, 2.45) is 0 Å². The van der Waals surface area contributed by atoms with Crippen LogP contribution >= 0.6 is 0 Å². The predicted octanol–water partition coefficient (Wildman–Crippen LogP) is 4.82. The minimum Gasteiger partial charge on any atom is -0.457 e. The normalized spacial score (nSPS) is 10.2. The molecule has 0 atom stereocenters. The van der Waals surface area contributed by atoms with Gasteiger partial charge in [0.25, 0.3) is 0 Å². The summed E-state index contributed by atoms with van der Waals surface area (Å²) >= 11 is 0. The van der Waals surface area contributed by atoms with Crippen molar-refractivity contribution >= 4 is 6.03 Å². The lowest BCUT2D eigenvalue weighted by atomic mass is 10.2. The molecule has 0 bridgehead atoms. The molecule has 132 valence electrons. The molecule has 4 heteroatoms. The average Bonchev–Trinajstić information content (AvgIpc) is 2.68. The van der Waals surface area contributed by atoms with Gasteiger partial charge in [-0.15, -0.1) is 0 Å². The fourth-order valence-corrected chi connectivity index (χ4v) is 2.59. The van der Waals surface area contributed by atoms with Gasteiger partial charge >= 0.3 is 6.03 Å². The van der Waals surface area contributed by atoms with Crippen molar-refractivity contribution in [3.05, 3.63) is 96.1 Å². The summed E-state index contributed by atoms with van der Waals surface area (Å²) in [6.45, 7) is 1.02. The summed E-state index contributed by atoms with van der Waals surface area (Å²) < 4.78 is 5.83. The molecule has 3 aromatic carbocycles. The number of hydrogen-bond acceptors (Lipinski definition) is 2. The maximum atomic E-state index is 12.3. The Morgan fingerprint density at radius 3 is 2.19 bits per heavy atom. The molecule has 0 aliphatic rings. The van der Waals surface area contributed by atoms with Crippen molar-refractivity contribution in [2.45, 2.75) is 13.1 Å². The standard InChI is InChI=1S/C22H22N2O2/c1-24(17-18-9-4-2-5-10-18)22(25)23-16-19-11-8-14-21(15-19)26-20-12-6-3-7-13-20/h2-15H,16-17H2,1H3,(H,23,25). The van der Waals surface area contributed by atoms with E-state index in [-0.39, 0.29) is 6.03 Å². The Morgan fingerprint density at radius 1 is 0.846 bits per heavy atom. The summed E-state index contributed by atoms with van der Waals surface area (Å²) in [6, 6.07) is 27.2. The van der Waals surface area contributed by atoms with Crippen LogP contribution < -0.4 is 10.1 Å². The lowest BCUT2D eigenvalue weighted by Crippen LogP contribution is -2.36. The zero-order chi connectivity index (χ0) is 18.2. The van der Waals surface area contributed by atoms with Gasteiger partial charge in [0.2, 0.25) is 0 Å². The maximum Gasteiger partial charge on any atom is 0.317 e. The van der Waals surface area contributed by atoms with Gasteiger partial charge in [0.1, 0.15) is 11.5 Å². The molecule has 0 saturated heterocycles. The van der Waals surface area contributed by atoms with Crippen LogP contribution in [0.3, 0.4) is 0 Å². The number of nitrogens with zero attached hydrogens (tertiary/aromatic N) is 1. The van der Waals surface area contributed by atoms with Gasteiger partial charge in [-0.1, -0.05) is 60.7 Å². The third kappa shape index (κ3) is 5.11. The van der Waals surface area contributed by atoms with Crippen LogP contribution in [-0.2, 0) is 13.1 Å². The van der Waals surface area contributed by atoms with Crippen molar-refractivity contribution in [2.75, 3.05) is 7.05 Å². The summed E-state index contributed by atoms with van der Waals surface area (Å²) in [5.74, 6) is 1.54. The van der Waals surface area contributed by atoms with Crippen molar-refractivity contribution in [3.63, 3.8) is 0 Å². The summed E-state index contributed by atoms with van der Waals surface area (Å²) in [5, 5.41) is 2.94. The topological polar surface area (TPSA) is 41.6 Å². The molecule has 0 spiro atoms. The molecule has 0 aliphatic carbocycles. The zero-order valence-corrected chi connectivity index (χ0v) is 14.8. The highest BCUT2D eigenvalue weighted by Gasteiger charge is 2.09. The molecule has 0 aromatic heterocycles. The highest BCUT2D eigenvalue weighted by molar-refractivity contribution is 5.73. The number of amides is 2. The molecule has 0 heterocycles. The van der Waals surface area contributed by atoms with Crippen LogP contribution in [0.5, 0.6) is 11.5 Å². The number of para-hydroxylation sites is 1. The van der Waals surface area contributed by atoms with E-state index in [1.807, 2.05) is 84.9 Å². The number of hydrogen-bond donors (Lipinski definition) is 1. The third-order valence-electron chi connectivity index (χ3n) is 3.93. The molecule has 2 amide bonds. The Morgan fingerprint density at radius 2 is 1.46 bits per heavy atom. The van der Waals surface area contributed by atoms with E-state index < -0.39 is 0 Å². The first-order valence-corrected chi connectivity index (χ1v) is 8.55. The fraction of sp³-hybridized carbons (Fsp3) is 0.136. The molecule has 0 radical (unpaired) electrons. The van der Waals surface area contributed by atoms with Gasteiger partial charge in [-0.25, -0.2) is 4.79 Å². The van der Waals surface area contributed by atoms with E-state index in [9.17, 15) is 4.79 Å². The smallest absolute Gasteiger partial charge is 0.317 e. The van der Waals surface area contributed by atoms with Crippen molar-refractivity contribution < 1.29 is 9.53 Å². The molecule has 3 rings (SSSR count). The van der Waals surface area contributed by atoms with Gasteiger partial charge in [-0.2, -0.15) is 0 Å². The fourth-order valence-electron chi connectivity index (χ4n) is 2.59. The Hall–Kier alpha value is -3.27. The number of rotatable bonds is 6. The van der Waals surface area contributed by atoms with E-state index in [0.29, 0.717) is 13.1 Å². The summed E-state index contributed by atoms with van der Waals surface area (Å²) in [6.07, 6.45) is 0. The van der Waals surface area contributed by atoms with E-state index in [0.717, 1.165) is 22.6 Å². The highest BCUT2D eigenvalue weighted by Crippen LogP contribution is 2.21. The molecule has 0 fully saturated rings. The second kappa shape index (κ2) is 8.72. The molecule has 0 aliphatic heterocycles. The summed E-state index contributed by atoms with van der Waals surface area (Å²) in [7, 11) is 1.79. The largest absolute Gasteiger partial charge is 0.457 e. The van der Waals surface area contributed by atoms with Gasteiger partial charge in [0, 0.05) is 20.1 Å². The van der Waals surface area contributed by atoms with Crippen LogP contribution in [0.2, 0.25) is 0 Å². The minimum absolute atomic E-state index is 0.108. The van der Waals surface area contributed by atoms with Gasteiger partial charge in [0.15, 0.2) is 0 Å². The summed E-state index contributed by atoms with van der Waals surface area (Å²) in [4.78, 5) is 13.9. The highest BCUT2D eigenvalue weighted by atomic mass is 16.5. The molecular formula is C22H22N2O2. The molecule has 1 N–H and O–H groups in total. The van der Waals surface area contributed by atoms with Crippen LogP contribution in [0.1, 0.15) is 11.1 Å². The molecule has 4 nitrogen and oxygen atoms in total. The first-order chi connectivity index (χ1) is 12.7. The van der Waals surface area contributed by atoms with Gasteiger partial charge in [0.05, 0.1) is 0 Å². The van der Waals surface area contributed by atoms with E-state index in [2.05, 4.69) is 5.32 Å². The lowest BCUT2D eigenvalue weighted by Gasteiger charge is -2.18. The van der Waals surface area contributed by atoms with Crippen LogP contribution in [0, 0.1) is 0 Å². The Bertz CT molecular complexity index is 835. The number of benzene rings is 3. The number of urea groups is 1. The van der Waals surface area contributed by atoms with Crippen LogP contribution in [-0.4, -0.2) is 18.0 Å². The van der Waals surface area contributed by atoms with Crippen molar-refractivity contribution in [1.82, 2.24) is 10.2 Å². The van der Waals surface area contributed by atoms with Crippen molar-refractivity contribution in [3.8, 4) is 11.5 Å². The minimum atomic E-state index is -0.108. The third-order valence-corrected chi connectivity index (χ3v) is 3.93. The molecule has 3 aromatic rings. The quantitative estimate of drug-likeness (QED) is 0.695. The van der Waals surface area contributed by atoms with Gasteiger partial charge in [-0.05, 0) is 35.4 Å².